The van der Waals surface area contributed by atoms with Crippen LogP contribution in [-0.2, 0) is 0 Å². The van der Waals surface area contributed by atoms with Crippen LogP contribution in [0.1, 0.15) is 26.4 Å². The quantitative estimate of drug-likeness (QED) is 0.764. The van der Waals surface area contributed by atoms with E-state index in [1.807, 2.05) is 0 Å². The molecule has 0 radical (unpaired) electrons. The topological polar surface area (TPSA) is 84.2 Å². The van der Waals surface area contributed by atoms with Crippen LogP contribution in [0.25, 0.3) is 5.69 Å². The number of carbonyl (C=O) groups is 2. The van der Waals surface area contributed by atoms with Crippen LogP contribution in [0.2, 0.25) is 0 Å². The van der Waals surface area contributed by atoms with Gasteiger partial charge in [-0.15, -0.1) is 0 Å². The average Bonchev–Trinajstić information content (AvgIpc) is 2.93. The lowest BCUT2D eigenvalue weighted by molar-refractivity contribution is 0.0689. The van der Waals surface area contributed by atoms with E-state index < -0.39 is 17.7 Å². The summed E-state index contributed by atoms with van der Waals surface area (Å²) >= 11 is 0. The van der Waals surface area contributed by atoms with Crippen molar-refractivity contribution in [2.24, 2.45) is 0 Å². The van der Waals surface area contributed by atoms with Crippen LogP contribution in [0.5, 0.6) is 0 Å². The van der Waals surface area contributed by atoms with E-state index in [1.165, 1.54) is 29.8 Å². The van der Waals surface area contributed by atoms with E-state index in [0.717, 1.165) is 0 Å². The fraction of sp³-hybridized carbons (Fsp3) is 0.0556. The minimum atomic E-state index is -1.21. The van der Waals surface area contributed by atoms with Crippen LogP contribution in [-0.4, -0.2) is 26.8 Å². The van der Waals surface area contributed by atoms with Crippen molar-refractivity contribution in [1.29, 1.82) is 0 Å². The number of amides is 1. The zero-order valence-electron chi connectivity index (χ0n) is 13.2. The second-order valence-corrected chi connectivity index (χ2v) is 5.31. The van der Waals surface area contributed by atoms with Gasteiger partial charge in [-0.3, -0.25) is 4.79 Å². The molecule has 1 amide bonds. The van der Waals surface area contributed by atoms with Gasteiger partial charge in [0.2, 0.25) is 0 Å². The number of aromatic carboxylic acids is 1. The highest BCUT2D eigenvalue weighted by atomic mass is 19.1. The fourth-order valence-corrected chi connectivity index (χ4v) is 2.42. The van der Waals surface area contributed by atoms with Crippen molar-refractivity contribution in [2.45, 2.75) is 6.92 Å². The number of carbonyl (C=O) groups excluding carboxylic acids is 1. The molecule has 3 aromatic rings. The molecule has 0 bridgehead atoms. The van der Waals surface area contributed by atoms with Crippen LogP contribution in [0.4, 0.5) is 10.2 Å². The predicted octanol–water partition coefficient (Wildman–Crippen LogP) is 3.27. The van der Waals surface area contributed by atoms with Crippen LogP contribution in [0.15, 0.2) is 54.6 Å². The number of benzene rings is 2. The van der Waals surface area contributed by atoms with Crippen molar-refractivity contribution in [1.82, 2.24) is 9.78 Å². The van der Waals surface area contributed by atoms with E-state index in [4.69, 9.17) is 0 Å². The molecule has 3 rings (SSSR count). The fourth-order valence-electron chi connectivity index (χ4n) is 2.42. The highest BCUT2D eigenvalue weighted by molar-refractivity contribution is 6.05. The lowest BCUT2D eigenvalue weighted by Gasteiger charge is -2.10. The number of nitrogens with zero attached hydrogens (tertiary/aromatic N) is 2. The van der Waals surface area contributed by atoms with Crippen LogP contribution in [0, 0.1) is 12.7 Å². The van der Waals surface area contributed by atoms with Crippen molar-refractivity contribution in [3.8, 4) is 5.69 Å². The van der Waals surface area contributed by atoms with E-state index >= 15 is 0 Å². The number of rotatable bonds is 4. The smallest absolute Gasteiger partial charge is 0.356 e. The molecule has 2 aromatic carbocycles. The second kappa shape index (κ2) is 6.56. The van der Waals surface area contributed by atoms with Gasteiger partial charge in [-0.05, 0) is 31.2 Å². The number of nitrogens with one attached hydrogen (secondary N) is 1. The first-order chi connectivity index (χ1) is 12.0. The molecule has 0 aliphatic rings. The Kier molecular flexibility index (Phi) is 4.30. The van der Waals surface area contributed by atoms with Gasteiger partial charge in [0, 0.05) is 5.56 Å². The Balaban J connectivity index is 2.07. The van der Waals surface area contributed by atoms with Gasteiger partial charge in [-0.2, -0.15) is 5.10 Å². The first-order valence-corrected chi connectivity index (χ1v) is 7.43. The third kappa shape index (κ3) is 3.12. The minimum absolute atomic E-state index is 0.139. The molecule has 126 valence electrons. The molecule has 0 spiro atoms. The van der Waals surface area contributed by atoms with Gasteiger partial charge in [-0.25, -0.2) is 13.9 Å². The van der Waals surface area contributed by atoms with E-state index in [0.29, 0.717) is 5.69 Å². The summed E-state index contributed by atoms with van der Waals surface area (Å²) in [6.45, 7) is 1.53. The van der Waals surface area contributed by atoms with E-state index in [-0.39, 0.29) is 22.6 Å². The highest BCUT2D eigenvalue weighted by Gasteiger charge is 2.23. The Labute approximate surface area is 142 Å². The molecule has 0 saturated carbocycles. The van der Waals surface area contributed by atoms with Crippen LogP contribution < -0.4 is 5.32 Å². The molecule has 6 nitrogen and oxygen atoms in total. The summed E-state index contributed by atoms with van der Waals surface area (Å²) in [7, 11) is 0. The largest absolute Gasteiger partial charge is 0.476 e. The Morgan fingerprint density at radius 1 is 1.08 bits per heavy atom. The van der Waals surface area contributed by atoms with Crippen molar-refractivity contribution in [2.75, 3.05) is 5.32 Å². The maximum atomic E-state index is 13.8. The average molecular weight is 339 g/mol. The summed E-state index contributed by atoms with van der Waals surface area (Å²) in [6, 6.07) is 14.3. The number of aromatic nitrogens is 2. The molecule has 7 heteroatoms. The number of carboxylic acid groups (broad SMARTS) is 1. The number of hydrogen-bond donors (Lipinski definition) is 2. The molecule has 1 aromatic heterocycles. The molecular formula is C18H14FN3O3. The van der Waals surface area contributed by atoms with Gasteiger partial charge < -0.3 is 10.4 Å². The maximum Gasteiger partial charge on any atom is 0.356 e. The van der Waals surface area contributed by atoms with Gasteiger partial charge in [0.05, 0.1) is 11.3 Å². The second-order valence-electron chi connectivity index (χ2n) is 5.31. The van der Waals surface area contributed by atoms with Gasteiger partial charge in [0.1, 0.15) is 11.6 Å². The van der Waals surface area contributed by atoms with E-state index in [9.17, 15) is 19.1 Å². The third-order valence-corrected chi connectivity index (χ3v) is 3.68. The molecule has 0 fully saturated rings. The molecule has 0 aliphatic heterocycles. The maximum absolute atomic E-state index is 13.8. The summed E-state index contributed by atoms with van der Waals surface area (Å²) < 4.78 is 15.1. The van der Waals surface area contributed by atoms with Crippen LogP contribution >= 0.6 is 0 Å². The molecule has 25 heavy (non-hydrogen) atoms. The summed E-state index contributed by atoms with van der Waals surface area (Å²) in [5.41, 5.74) is 0.523. The van der Waals surface area contributed by atoms with Crippen molar-refractivity contribution >= 4 is 17.7 Å². The Morgan fingerprint density at radius 2 is 1.72 bits per heavy atom. The summed E-state index contributed by atoms with van der Waals surface area (Å²) in [6.07, 6.45) is 0. The minimum Gasteiger partial charge on any atom is -0.476 e. The van der Waals surface area contributed by atoms with Gasteiger partial charge in [0.15, 0.2) is 5.69 Å². The van der Waals surface area contributed by atoms with Crippen LogP contribution in [0.3, 0.4) is 0 Å². The summed E-state index contributed by atoms with van der Waals surface area (Å²) in [4.78, 5) is 23.8. The zero-order chi connectivity index (χ0) is 18.0. The number of anilines is 1. The van der Waals surface area contributed by atoms with Gasteiger partial charge in [-0.1, -0.05) is 30.3 Å². The molecule has 1 heterocycles. The lowest BCUT2D eigenvalue weighted by atomic mass is 10.2. The van der Waals surface area contributed by atoms with Gasteiger partial charge >= 0.3 is 5.97 Å². The molecule has 0 unspecified atom stereocenters. The normalized spacial score (nSPS) is 10.5. The Bertz CT molecular complexity index is 951. The number of halogens is 1. The Morgan fingerprint density at radius 3 is 2.36 bits per heavy atom. The van der Waals surface area contributed by atoms with Gasteiger partial charge in [0.25, 0.3) is 5.91 Å². The van der Waals surface area contributed by atoms with Crippen molar-refractivity contribution < 1.29 is 19.1 Å². The molecule has 0 aliphatic carbocycles. The molecular weight excluding hydrogens is 325 g/mol. The summed E-state index contributed by atoms with van der Waals surface area (Å²) in [5.74, 6) is -2.39. The van der Waals surface area contributed by atoms with Crippen molar-refractivity contribution in [3.63, 3.8) is 0 Å². The van der Waals surface area contributed by atoms with E-state index in [1.54, 1.807) is 36.4 Å². The monoisotopic (exact) mass is 339 g/mol. The number of carboxylic acids is 1. The lowest BCUT2D eigenvalue weighted by Crippen LogP contribution is -2.17. The third-order valence-electron chi connectivity index (χ3n) is 3.68. The standard InChI is InChI=1S/C18H14FN3O3/c1-11-15(18(24)25)21-22(12-7-3-2-4-8-12)16(11)20-17(23)13-9-5-6-10-14(13)19/h2-10H,1H3,(H,20,23)(H,24,25). The van der Waals surface area contributed by atoms with Crippen molar-refractivity contribution in [3.05, 3.63) is 77.2 Å². The zero-order valence-corrected chi connectivity index (χ0v) is 13.2. The SMILES string of the molecule is Cc1c(C(=O)O)nn(-c2ccccc2)c1NC(=O)c1ccccc1F. The molecule has 0 saturated heterocycles. The number of hydrogen-bond acceptors (Lipinski definition) is 3. The predicted molar refractivity (Wildman–Crippen MR) is 89.6 cm³/mol. The number of para-hydroxylation sites is 1. The molecule has 0 atom stereocenters. The Hall–Kier alpha value is -3.48. The highest BCUT2D eigenvalue weighted by Crippen LogP contribution is 2.24. The first kappa shape index (κ1) is 16.4. The van der Waals surface area contributed by atoms with E-state index in [2.05, 4.69) is 10.4 Å². The summed E-state index contributed by atoms with van der Waals surface area (Å²) in [5, 5.41) is 15.9. The molecule has 2 N–H and O–H groups in total. The first-order valence-electron chi connectivity index (χ1n) is 7.43.